The lowest BCUT2D eigenvalue weighted by molar-refractivity contribution is -0.0678. The highest BCUT2D eigenvalue weighted by Gasteiger charge is 2.54. The van der Waals surface area contributed by atoms with Crippen LogP contribution in [0.5, 0.6) is 0 Å². The van der Waals surface area contributed by atoms with Gasteiger partial charge < -0.3 is 10.2 Å². The smallest absolute Gasteiger partial charge is 0.197 e. The number of halogens is 8. The van der Waals surface area contributed by atoms with Crippen molar-refractivity contribution in [2.24, 2.45) is 0 Å². The molecule has 1 aliphatic carbocycles. The van der Waals surface area contributed by atoms with Crippen molar-refractivity contribution in [3.8, 4) is 0 Å². The molecule has 0 saturated carbocycles. The molecule has 0 fully saturated rings. The Morgan fingerprint density at radius 1 is 0.818 bits per heavy atom. The lowest BCUT2D eigenvalue weighted by atomic mass is 9.82. The van der Waals surface area contributed by atoms with Crippen molar-refractivity contribution in [1.82, 2.24) is 0 Å². The third-order valence-corrected chi connectivity index (χ3v) is 3.08. The SMILES string of the molecule is OC1C(F)=C(F)C(F)=C(F)C1(O)c1cc(F)c(F)c(F)c1F. The minimum atomic E-state index is -4.02. The van der Waals surface area contributed by atoms with Crippen molar-refractivity contribution in [1.29, 1.82) is 0 Å². The van der Waals surface area contributed by atoms with E-state index in [4.69, 9.17) is 0 Å². The Balaban J connectivity index is 2.82. The van der Waals surface area contributed by atoms with Crippen LogP contribution >= 0.6 is 0 Å². The fourth-order valence-corrected chi connectivity index (χ4v) is 1.91. The summed E-state index contributed by atoms with van der Waals surface area (Å²) in [5.74, 6) is -19.7. The summed E-state index contributed by atoms with van der Waals surface area (Å²) in [5.41, 5.74) is -5.88. The average Bonchev–Trinajstić information content (AvgIpc) is 2.50. The van der Waals surface area contributed by atoms with Gasteiger partial charge in [-0.15, -0.1) is 0 Å². The number of benzene rings is 1. The summed E-state index contributed by atoms with van der Waals surface area (Å²) in [7, 11) is 0. The zero-order chi connectivity index (χ0) is 17.0. The van der Waals surface area contributed by atoms with Gasteiger partial charge in [0.2, 0.25) is 0 Å². The molecule has 2 unspecified atom stereocenters. The average molecular weight is 332 g/mol. The summed E-state index contributed by atoms with van der Waals surface area (Å²) in [4.78, 5) is 0. The van der Waals surface area contributed by atoms with Gasteiger partial charge >= 0.3 is 0 Å². The van der Waals surface area contributed by atoms with E-state index >= 15 is 0 Å². The Hall–Kier alpha value is -1.94. The van der Waals surface area contributed by atoms with Crippen LogP contribution < -0.4 is 0 Å². The summed E-state index contributed by atoms with van der Waals surface area (Å²) in [5, 5.41) is 19.1. The van der Waals surface area contributed by atoms with Crippen LogP contribution in [0.1, 0.15) is 5.56 Å². The molecule has 0 spiro atoms. The lowest BCUT2D eigenvalue weighted by Gasteiger charge is -2.34. The van der Waals surface area contributed by atoms with Crippen LogP contribution in [0, 0.1) is 23.3 Å². The molecule has 2 rings (SSSR count). The highest BCUT2D eigenvalue weighted by atomic mass is 19.2. The maximum atomic E-state index is 13.7. The van der Waals surface area contributed by atoms with Gasteiger partial charge in [0.25, 0.3) is 0 Å². The van der Waals surface area contributed by atoms with Crippen molar-refractivity contribution < 1.29 is 45.3 Å². The molecule has 2 N–H and O–H groups in total. The molecular weight excluding hydrogens is 328 g/mol. The van der Waals surface area contributed by atoms with Gasteiger partial charge in [0.15, 0.2) is 52.2 Å². The number of aliphatic hydroxyl groups is 2. The highest BCUT2D eigenvalue weighted by molar-refractivity contribution is 5.45. The molecule has 1 aromatic rings. The maximum Gasteiger partial charge on any atom is 0.197 e. The van der Waals surface area contributed by atoms with Gasteiger partial charge in [0.05, 0.1) is 0 Å². The van der Waals surface area contributed by atoms with Gasteiger partial charge in [-0.25, -0.2) is 35.1 Å². The van der Waals surface area contributed by atoms with Crippen molar-refractivity contribution in [3.05, 3.63) is 58.2 Å². The first-order valence-corrected chi connectivity index (χ1v) is 5.40. The third-order valence-electron chi connectivity index (χ3n) is 3.08. The predicted octanol–water partition coefficient (Wildman–Crippen LogP) is 3.11. The van der Waals surface area contributed by atoms with E-state index in [2.05, 4.69) is 0 Å². The van der Waals surface area contributed by atoms with E-state index in [-0.39, 0.29) is 6.07 Å². The molecule has 120 valence electrons. The molecule has 10 heteroatoms. The first-order chi connectivity index (χ1) is 10.0. The second-order valence-electron chi connectivity index (χ2n) is 4.31. The summed E-state index contributed by atoms with van der Waals surface area (Å²) < 4.78 is 106. The maximum absolute atomic E-state index is 13.7. The van der Waals surface area contributed by atoms with Crippen molar-refractivity contribution in [2.75, 3.05) is 0 Å². The van der Waals surface area contributed by atoms with Crippen LogP contribution in [0.25, 0.3) is 0 Å². The zero-order valence-corrected chi connectivity index (χ0v) is 10.1. The molecular formula is C12H4F8O2. The number of hydrogen-bond donors (Lipinski definition) is 2. The summed E-state index contributed by atoms with van der Waals surface area (Å²) in [6.07, 6.45) is -3.26. The van der Waals surface area contributed by atoms with Gasteiger partial charge in [-0.3, -0.25) is 0 Å². The van der Waals surface area contributed by atoms with Crippen LogP contribution in [0.2, 0.25) is 0 Å². The molecule has 1 aliphatic rings. The van der Waals surface area contributed by atoms with Gasteiger partial charge in [0.1, 0.15) is 6.10 Å². The highest BCUT2D eigenvalue weighted by Crippen LogP contribution is 2.47. The zero-order valence-electron chi connectivity index (χ0n) is 10.1. The van der Waals surface area contributed by atoms with E-state index in [9.17, 15) is 45.3 Å². The Morgan fingerprint density at radius 2 is 1.36 bits per heavy atom. The second-order valence-corrected chi connectivity index (χ2v) is 4.31. The van der Waals surface area contributed by atoms with E-state index in [1.54, 1.807) is 0 Å². The van der Waals surface area contributed by atoms with E-state index in [1.165, 1.54) is 0 Å². The van der Waals surface area contributed by atoms with Crippen LogP contribution in [-0.2, 0) is 5.60 Å². The standard InChI is InChI=1S/C12H4F8O2/c13-3-1-2(4(14)6(16)5(3)15)12(22)10(20)8(18)7(17)9(19)11(12)21/h1,11,21-22H. The summed E-state index contributed by atoms with van der Waals surface area (Å²) in [6, 6.07) is -0.319. The summed E-state index contributed by atoms with van der Waals surface area (Å²) >= 11 is 0. The molecule has 0 saturated heterocycles. The molecule has 0 bridgehead atoms. The second kappa shape index (κ2) is 5.06. The Labute approximate surface area is 116 Å². The van der Waals surface area contributed by atoms with E-state index in [1.807, 2.05) is 0 Å². The number of rotatable bonds is 1. The topological polar surface area (TPSA) is 40.5 Å². The Bertz CT molecular complexity index is 726. The minimum absolute atomic E-state index is 0.319. The molecule has 22 heavy (non-hydrogen) atoms. The monoisotopic (exact) mass is 332 g/mol. The molecule has 0 aliphatic heterocycles. The predicted molar refractivity (Wildman–Crippen MR) is 54.7 cm³/mol. The molecule has 0 radical (unpaired) electrons. The molecule has 0 amide bonds. The first-order valence-electron chi connectivity index (χ1n) is 5.40. The van der Waals surface area contributed by atoms with Gasteiger partial charge in [-0.1, -0.05) is 0 Å². The third kappa shape index (κ3) is 1.94. The largest absolute Gasteiger partial charge is 0.382 e. The first kappa shape index (κ1) is 16.4. The molecule has 2 nitrogen and oxygen atoms in total. The minimum Gasteiger partial charge on any atom is -0.382 e. The number of allylic oxidation sites excluding steroid dienone is 2. The lowest BCUT2D eigenvalue weighted by Crippen LogP contribution is -2.44. The fourth-order valence-electron chi connectivity index (χ4n) is 1.91. The van der Waals surface area contributed by atoms with E-state index in [0.717, 1.165) is 0 Å². The molecule has 0 heterocycles. The molecule has 0 aromatic heterocycles. The van der Waals surface area contributed by atoms with Crippen LogP contribution in [0.4, 0.5) is 35.1 Å². The van der Waals surface area contributed by atoms with Crippen molar-refractivity contribution >= 4 is 0 Å². The van der Waals surface area contributed by atoms with Crippen molar-refractivity contribution in [3.63, 3.8) is 0 Å². The number of hydrogen-bond acceptors (Lipinski definition) is 2. The quantitative estimate of drug-likeness (QED) is 0.471. The van der Waals surface area contributed by atoms with Crippen LogP contribution in [0.15, 0.2) is 29.4 Å². The van der Waals surface area contributed by atoms with Gasteiger partial charge in [-0.05, 0) is 6.07 Å². The van der Waals surface area contributed by atoms with Crippen LogP contribution in [0.3, 0.4) is 0 Å². The van der Waals surface area contributed by atoms with Crippen molar-refractivity contribution in [2.45, 2.75) is 11.7 Å². The van der Waals surface area contributed by atoms with E-state index in [0.29, 0.717) is 0 Å². The van der Waals surface area contributed by atoms with Gasteiger partial charge in [-0.2, -0.15) is 0 Å². The number of aliphatic hydroxyl groups excluding tert-OH is 1. The molecule has 2 atom stereocenters. The fraction of sp³-hybridized carbons (Fsp3) is 0.167. The van der Waals surface area contributed by atoms with Crippen LogP contribution in [-0.4, -0.2) is 16.3 Å². The molecule has 1 aromatic carbocycles. The van der Waals surface area contributed by atoms with Gasteiger partial charge in [0, 0.05) is 5.56 Å². The summed E-state index contributed by atoms with van der Waals surface area (Å²) in [6.45, 7) is 0. The Kier molecular flexibility index (Phi) is 3.78. The Morgan fingerprint density at radius 3 is 1.91 bits per heavy atom. The van der Waals surface area contributed by atoms with E-state index < -0.39 is 63.8 Å². The normalized spacial score (nSPS) is 26.0.